The molecule has 1 atom stereocenters. The molecule has 15 heavy (non-hydrogen) atoms. The Morgan fingerprint density at radius 3 is 2.47 bits per heavy atom. The minimum atomic E-state index is -1.59. The third kappa shape index (κ3) is 1.31. The first-order valence-corrected chi connectivity index (χ1v) is 4.00. The van der Waals surface area contributed by atoms with Crippen LogP contribution in [-0.4, -0.2) is 21.3 Å². The van der Waals surface area contributed by atoms with Gasteiger partial charge in [-0.05, 0) is 6.07 Å². The molecule has 0 radical (unpaired) electrons. The maximum absolute atomic E-state index is 11.1. The molecule has 0 amide bonds. The number of cyclic esters (lactones) is 1. The van der Waals surface area contributed by atoms with Gasteiger partial charge in [-0.25, -0.2) is 4.79 Å². The van der Waals surface area contributed by atoms with Crippen molar-refractivity contribution in [1.82, 2.24) is 0 Å². The quantitative estimate of drug-likeness (QED) is 0.504. The van der Waals surface area contributed by atoms with E-state index in [1.165, 1.54) is 0 Å². The van der Waals surface area contributed by atoms with Gasteiger partial charge >= 0.3 is 5.97 Å². The summed E-state index contributed by atoms with van der Waals surface area (Å²) in [5.74, 6) is -2.25. The van der Waals surface area contributed by atoms with Crippen LogP contribution in [0.4, 0.5) is 0 Å². The summed E-state index contributed by atoms with van der Waals surface area (Å²) in [7, 11) is 0. The highest BCUT2D eigenvalue weighted by atomic mass is 16.6. The van der Waals surface area contributed by atoms with Gasteiger partial charge in [-0.3, -0.25) is 4.79 Å². The number of aromatic hydroxyl groups is 2. The molecule has 6 heteroatoms. The maximum Gasteiger partial charge on any atom is 0.345 e. The van der Waals surface area contributed by atoms with Crippen LogP contribution in [0.1, 0.15) is 22.2 Å². The monoisotopic (exact) mass is 210 g/mol. The Morgan fingerprint density at radius 2 is 1.80 bits per heavy atom. The smallest absolute Gasteiger partial charge is 0.345 e. The number of aliphatic hydroxyl groups excluding tert-OH is 1. The SMILES string of the molecule is O=C1OC(O)c2cc(=O)c(O)cc(O)c21. The van der Waals surface area contributed by atoms with Crippen LogP contribution in [0.25, 0.3) is 0 Å². The molecule has 1 unspecified atom stereocenters. The van der Waals surface area contributed by atoms with Gasteiger partial charge in [0.25, 0.3) is 0 Å². The topological polar surface area (TPSA) is 104 Å². The van der Waals surface area contributed by atoms with Gasteiger partial charge in [-0.1, -0.05) is 0 Å². The molecule has 78 valence electrons. The summed E-state index contributed by atoms with van der Waals surface area (Å²) in [6, 6.07) is 1.58. The molecule has 0 saturated heterocycles. The average Bonchev–Trinajstić information content (AvgIpc) is 2.34. The number of carbonyl (C=O) groups is 1. The third-order valence-corrected chi connectivity index (χ3v) is 2.05. The Labute approximate surface area is 83.0 Å². The lowest BCUT2D eigenvalue weighted by molar-refractivity contribution is -0.0548. The summed E-state index contributed by atoms with van der Waals surface area (Å²) in [6.45, 7) is 0. The van der Waals surface area contributed by atoms with Crippen LogP contribution in [0.3, 0.4) is 0 Å². The summed E-state index contributed by atoms with van der Waals surface area (Å²) in [5, 5.41) is 27.7. The van der Waals surface area contributed by atoms with Crippen molar-refractivity contribution >= 4 is 5.97 Å². The highest BCUT2D eigenvalue weighted by molar-refractivity contribution is 5.96. The predicted molar refractivity (Wildman–Crippen MR) is 46.4 cm³/mol. The number of fused-ring (bicyclic) bond motifs is 1. The van der Waals surface area contributed by atoms with Crippen LogP contribution < -0.4 is 5.43 Å². The highest BCUT2D eigenvalue weighted by Crippen LogP contribution is 2.33. The molecule has 1 aromatic rings. The molecule has 2 rings (SSSR count). The van der Waals surface area contributed by atoms with Crippen molar-refractivity contribution in [3.8, 4) is 11.5 Å². The molecule has 1 aliphatic heterocycles. The summed E-state index contributed by atoms with van der Waals surface area (Å²) in [5.41, 5.74) is -1.27. The summed E-state index contributed by atoms with van der Waals surface area (Å²) < 4.78 is 4.39. The molecule has 0 bridgehead atoms. The number of hydrogen-bond donors (Lipinski definition) is 3. The van der Waals surface area contributed by atoms with Crippen LogP contribution in [-0.2, 0) is 4.74 Å². The Morgan fingerprint density at radius 1 is 1.13 bits per heavy atom. The number of carbonyl (C=O) groups excluding carboxylic acids is 1. The lowest BCUT2D eigenvalue weighted by atomic mass is 10.1. The van der Waals surface area contributed by atoms with Crippen molar-refractivity contribution in [1.29, 1.82) is 0 Å². The number of rotatable bonds is 0. The number of hydrogen-bond acceptors (Lipinski definition) is 6. The molecule has 3 N–H and O–H groups in total. The molecule has 0 fully saturated rings. The van der Waals surface area contributed by atoms with E-state index in [2.05, 4.69) is 4.74 Å². The van der Waals surface area contributed by atoms with Gasteiger partial charge in [-0.2, -0.15) is 0 Å². The molecule has 0 aliphatic carbocycles. The molecule has 0 saturated carbocycles. The Bertz CT molecular complexity index is 507. The first kappa shape index (κ1) is 9.47. The van der Waals surface area contributed by atoms with Crippen molar-refractivity contribution in [2.45, 2.75) is 6.29 Å². The van der Waals surface area contributed by atoms with Crippen LogP contribution in [0.15, 0.2) is 16.9 Å². The lowest BCUT2D eigenvalue weighted by Gasteiger charge is -1.98. The summed E-state index contributed by atoms with van der Waals surface area (Å²) in [4.78, 5) is 22.3. The van der Waals surface area contributed by atoms with E-state index in [0.717, 1.165) is 12.1 Å². The van der Waals surface area contributed by atoms with Gasteiger partial charge in [0.15, 0.2) is 5.75 Å². The van der Waals surface area contributed by atoms with Gasteiger partial charge in [0.05, 0.1) is 0 Å². The lowest BCUT2D eigenvalue weighted by Crippen LogP contribution is -1.99. The van der Waals surface area contributed by atoms with E-state index in [-0.39, 0.29) is 11.1 Å². The first-order chi connectivity index (χ1) is 7.00. The van der Waals surface area contributed by atoms with E-state index in [9.17, 15) is 19.8 Å². The second kappa shape index (κ2) is 2.96. The van der Waals surface area contributed by atoms with E-state index < -0.39 is 29.2 Å². The Kier molecular flexibility index (Phi) is 1.87. The third-order valence-electron chi connectivity index (χ3n) is 2.05. The van der Waals surface area contributed by atoms with Crippen molar-refractivity contribution < 1.29 is 24.9 Å². The number of ether oxygens (including phenoxy) is 1. The second-order valence-electron chi connectivity index (χ2n) is 3.01. The van der Waals surface area contributed by atoms with Gasteiger partial charge in [0, 0.05) is 11.6 Å². The van der Waals surface area contributed by atoms with Crippen molar-refractivity contribution in [2.75, 3.05) is 0 Å². The molecule has 0 spiro atoms. The first-order valence-electron chi connectivity index (χ1n) is 4.00. The zero-order valence-electron chi connectivity index (χ0n) is 7.30. The Balaban J connectivity index is 2.87. The fraction of sp³-hybridized carbons (Fsp3) is 0.111. The molecule has 1 heterocycles. The molecule has 0 aromatic heterocycles. The van der Waals surface area contributed by atoms with Gasteiger partial charge < -0.3 is 20.1 Å². The fourth-order valence-corrected chi connectivity index (χ4v) is 1.35. The van der Waals surface area contributed by atoms with E-state index in [1.54, 1.807) is 0 Å². The van der Waals surface area contributed by atoms with Crippen LogP contribution >= 0.6 is 0 Å². The van der Waals surface area contributed by atoms with Gasteiger partial charge in [0.1, 0.15) is 11.3 Å². The van der Waals surface area contributed by atoms with Crippen molar-refractivity contribution in [2.24, 2.45) is 0 Å². The normalized spacial score (nSPS) is 18.5. The van der Waals surface area contributed by atoms with E-state index >= 15 is 0 Å². The Hall–Kier alpha value is -2.08. The number of aliphatic hydroxyl groups is 1. The second-order valence-corrected chi connectivity index (χ2v) is 3.01. The number of esters is 1. The van der Waals surface area contributed by atoms with Crippen molar-refractivity contribution in [3.05, 3.63) is 33.5 Å². The van der Waals surface area contributed by atoms with Gasteiger partial charge in [0.2, 0.25) is 11.7 Å². The van der Waals surface area contributed by atoms with Gasteiger partial charge in [-0.15, -0.1) is 0 Å². The van der Waals surface area contributed by atoms with Crippen LogP contribution in [0, 0.1) is 0 Å². The standard InChI is InChI=1S/C9H6O6/c10-4-1-3-7(6(12)2-5(4)11)9(14)15-8(3)13/h1-2,8,12-13H,(H,10,11). The molecular weight excluding hydrogens is 204 g/mol. The predicted octanol–water partition coefficient (Wildman–Crippen LogP) is -0.381. The molecule has 1 aromatic carbocycles. The van der Waals surface area contributed by atoms with Crippen LogP contribution in [0.5, 0.6) is 11.5 Å². The minimum absolute atomic E-state index is 0.150. The van der Waals surface area contributed by atoms with E-state index in [0.29, 0.717) is 0 Å². The molecular formula is C9H6O6. The van der Waals surface area contributed by atoms with E-state index in [4.69, 9.17) is 5.11 Å². The average molecular weight is 210 g/mol. The van der Waals surface area contributed by atoms with E-state index in [1.807, 2.05) is 0 Å². The van der Waals surface area contributed by atoms with Crippen molar-refractivity contribution in [3.63, 3.8) is 0 Å². The summed E-state index contributed by atoms with van der Waals surface area (Å²) >= 11 is 0. The summed E-state index contributed by atoms with van der Waals surface area (Å²) in [6.07, 6.45) is -1.59. The zero-order valence-corrected chi connectivity index (χ0v) is 7.30. The fourth-order valence-electron chi connectivity index (χ4n) is 1.35. The largest absolute Gasteiger partial charge is 0.507 e. The minimum Gasteiger partial charge on any atom is -0.507 e. The maximum atomic E-state index is 11.1. The zero-order chi connectivity index (χ0) is 11.2. The molecule has 6 nitrogen and oxygen atoms in total. The molecule has 1 aliphatic rings. The highest BCUT2D eigenvalue weighted by Gasteiger charge is 2.32. The van der Waals surface area contributed by atoms with Crippen LogP contribution in [0.2, 0.25) is 0 Å².